The van der Waals surface area contributed by atoms with E-state index < -0.39 is 12.0 Å². The van der Waals surface area contributed by atoms with E-state index in [1.54, 1.807) is 43.2 Å². The van der Waals surface area contributed by atoms with Crippen LogP contribution < -0.4 is 5.32 Å². The highest BCUT2D eigenvalue weighted by atomic mass is 16.5. The third-order valence-corrected chi connectivity index (χ3v) is 4.90. The summed E-state index contributed by atoms with van der Waals surface area (Å²) >= 11 is 0. The zero-order valence-electron chi connectivity index (χ0n) is 19.9. The van der Waals surface area contributed by atoms with Crippen molar-refractivity contribution in [2.45, 2.75) is 40.3 Å². The van der Waals surface area contributed by atoms with Gasteiger partial charge in [0.15, 0.2) is 0 Å². The maximum absolute atomic E-state index is 13.1. The Hall–Kier alpha value is -3.33. The Morgan fingerprint density at radius 2 is 1.79 bits per heavy atom. The molecule has 0 atom stereocenters. The van der Waals surface area contributed by atoms with Crippen LogP contribution in [0.15, 0.2) is 40.8 Å². The Labute approximate surface area is 194 Å². The number of carbonyl (C=O) groups excluding carboxylic acids is 3. The third-order valence-electron chi connectivity index (χ3n) is 4.90. The highest BCUT2D eigenvalue weighted by molar-refractivity contribution is 5.94. The van der Waals surface area contributed by atoms with E-state index in [0.717, 1.165) is 5.76 Å². The number of nitrogens with zero attached hydrogens (tertiary/aromatic N) is 2. The van der Waals surface area contributed by atoms with Crippen LogP contribution in [0, 0.1) is 6.92 Å². The summed E-state index contributed by atoms with van der Waals surface area (Å²) in [4.78, 5) is 40.8. The minimum atomic E-state index is -0.423. The van der Waals surface area contributed by atoms with Crippen LogP contribution in [0.1, 0.15) is 42.6 Å². The average molecular weight is 460 g/mol. The lowest BCUT2D eigenvalue weighted by molar-refractivity contribution is -0.133. The minimum absolute atomic E-state index is 0.103. The second-order valence-corrected chi connectivity index (χ2v) is 7.77. The molecule has 0 saturated heterocycles. The van der Waals surface area contributed by atoms with Gasteiger partial charge in [0.25, 0.3) is 0 Å². The molecule has 0 unspecified atom stereocenters. The lowest BCUT2D eigenvalue weighted by atomic mass is 10.2. The number of hydrogen-bond acceptors (Lipinski definition) is 6. The molecule has 2 rings (SSSR count). The molecule has 0 spiro atoms. The largest absolute Gasteiger partial charge is 0.464 e. The van der Waals surface area contributed by atoms with Crippen LogP contribution in [-0.4, -0.2) is 67.2 Å². The normalized spacial score (nSPS) is 10.7. The van der Waals surface area contributed by atoms with Gasteiger partial charge in [0.05, 0.1) is 25.3 Å². The van der Waals surface area contributed by atoms with Crippen molar-refractivity contribution in [2.24, 2.45) is 0 Å². The topological polar surface area (TPSA) is 101 Å². The van der Waals surface area contributed by atoms with E-state index in [9.17, 15) is 14.4 Å². The number of benzene rings is 1. The van der Waals surface area contributed by atoms with Crippen LogP contribution >= 0.6 is 0 Å². The number of nitrogens with one attached hydrogen (secondary N) is 1. The smallest absolute Gasteiger partial charge is 0.338 e. The molecule has 1 N–H and O–H groups in total. The molecule has 1 aromatic heterocycles. The fourth-order valence-electron chi connectivity index (χ4n) is 3.09. The molecule has 0 aliphatic heterocycles. The monoisotopic (exact) mass is 459 g/mol. The van der Waals surface area contributed by atoms with E-state index in [1.807, 2.05) is 32.9 Å². The van der Waals surface area contributed by atoms with Crippen molar-refractivity contribution in [3.63, 3.8) is 0 Å². The first kappa shape index (κ1) is 25.9. The zero-order valence-corrected chi connectivity index (χ0v) is 19.9. The number of carbonyl (C=O) groups is 3. The molecule has 33 heavy (non-hydrogen) atoms. The molecule has 1 aromatic carbocycles. The summed E-state index contributed by atoms with van der Waals surface area (Å²) in [5, 5.41) is 2.78. The molecule has 9 nitrogen and oxygen atoms in total. The number of urea groups is 1. The minimum Gasteiger partial charge on any atom is -0.464 e. The summed E-state index contributed by atoms with van der Waals surface area (Å²) in [6.07, 6.45) is 0. The fourth-order valence-corrected chi connectivity index (χ4v) is 3.09. The molecule has 180 valence electrons. The van der Waals surface area contributed by atoms with Gasteiger partial charge in [-0.3, -0.25) is 4.79 Å². The van der Waals surface area contributed by atoms with Gasteiger partial charge in [-0.05, 0) is 64.1 Å². The lowest BCUT2D eigenvalue weighted by Gasteiger charge is -2.29. The van der Waals surface area contributed by atoms with E-state index >= 15 is 0 Å². The molecule has 0 aliphatic rings. The van der Waals surface area contributed by atoms with E-state index in [2.05, 4.69) is 5.32 Å². The highest BCUT2D eigenvalue weighted by Crippen LogP contribution is 2.14. The van der Waals surface area contributed by atoms with Crippen molar-refractivity contribution in [2.75, 3.05) is 38.7 Å². The van der Waals surface area contributed by atoms with Crippen molar-refractivity contribution >= 4 is 23.6 Å². The summed E-state index contributed by atoms with van der Waals surface area (Å²) in [6, 6.07) is 9.44. The second kappa shape index (κ2) is 12.6. The molecule has 0 saturated carbocycles. The van der Waals surface area contributed by atoms with Crippen molar-refractivity contribution in [1.82, 2.24) is 9.80 Å². The lowest BCUT2D eigenvalue weighted by Crippen LogP contribution is -2.47. The molecule has 1 heterocycles. The van der Waals surface area contributed by atoms with Gasteiger partial charge >= 0.3 is 12.0 Å². The highest BCUT2D eigenvalue weighted by Gasteiger charge is 2.24. The van der Waals surface area contributed by atoms with Crippen LogP contribution in [0.4, 0.5) is 10.5 Å². The summed E-state index contributed by atoms with van der Waals surface area (Å²) in [5.74, 6) is 0.788. The number of anilines is 1. The molecule has 0 radical (unpaired) electrons. The maximum atomic E-state index is 13.1. The molecule has 9 heteroatoms. The number of hydrogen-bond donors (Lipinski definition) is 1. The Balaban J connectivity index is 2.06. The Morgan fingerprint density at radius 1 is 1.09 bits per heavy atom. The first-order valence-electron chi connectivity index (χ1n) is 10.9. The molecule has 3 amide bonds. The number of methoxy groups -OCH3 is 1. The predicted molar refractivity (Wildman–Crippen MR) is 124 cm³/mol. The van der Waals surface area contributed by atoms with Gasteiger partial charge in [0, 0.05) is 25.4 Å². The van der Waals surface area contributed by atoms with Crippen LogP contribution in [0.2, 0.25) is 0 Å². The number of aryl methyl sites for hydroxylation is 1. The van der Waals surface area contributed by atoms with Gasteiger partial charge in [-0.2, -0.15) is 0 Å². The standard InChI is InChI=1S/C24H33N3O6/c1-6-32-23(29)19-8-10-20(11-9-19)25-24(30)27(17(2)3)16-22(28)26(13-14-31-5)15-21-12-7-18(4)33-21/h7-12,17H,6,13-16H2,1-5H3,(H,25,30). The van der Waals surface area contributed by atoms with Gasteiger partial charge in [0.2, 0.25) is 5.91 Å². The fraction of sp³-hybridized carbons (Fsp3) is 0.458. The van der Waals surface area contributed by atoms with E-state index in [4.69, 9.17) is 13.9 Å². The maximum Gasteiger partial charge on any atom is 0.338 e. The molecule has 0 aliphatic carbocycles. The number of rotatable bonds is 11. The Kier molecular flexibility index (Phi) is 9.93. The SMILES string of the molecule is CCOC(=O)c1ccc(NC(=O)N(CC(=O)N(CCOC)Cc2ccc(C)o2)C(C)C)cc1. The van der Waals surface area contributed by atoms with Crippen molar-refractivity contribution < 1.29 is 28.3 Å². The summed E-state index contributed by atoms with van der Waals surface area (Å²) in [5.41, 5.74) is 0.904. The molecular weight excluding hydrogens is 426 g/mol. The van der Waals surface area contributed by atoms with Gasteiger partial charge in [-0.15, -0.1) is 0 Å². The Bertz CT molecular complexity index is 923. The molecule has 0 fully saturated rings. The van der Waals surface area contributed by atoms with Crippen molar-refractivity contribution in [1.29, 1.82) is 0 Å². The number of amides is 3. The van der Waals surface area contributed by atoms with E-state index in [0.29, 0.717) is 36.7 Å². The van der Waals surface area contributed by atoms with Crippen LogP contribution in [0.5, 0.6) is 0 Å². The summed E-state index contributed by atoms with van der Waals surface area (Å²) < 4.78 is 15.7. The number of furan rings is 1. The van der Waals surface area contributed by atoms with E-state index in [-0.39, 0.29) is 25.1 Å². The number of esters is 1. The second-order valence-electron chi connectivity index (χ2n) is 7.77. The van der Waals surface area contributed by atoms with Crippen LogP contribution in [0.25, 0.3) is 0 Å². The van der Waals surface area contributed by atoms with Gasteiger partial charge < -0.3 is 29.0 Å². The zero-order chi connectivity index (χ0) is 24.4. The number of ether oxygens (including phenoxy) is 2. The van der Waals surface area contributed by atoms with Crippen LogP contribution in [0.3, 0.4) is 0 Å². The third kappa shape index (κ3) is 7.94. The molecule has 2 aromatic rings. The molecule has 0 bridgehead atoms. The summed E-state index contributed by atoms with van der Waals surface area (Å²) in [7, 11) is 1.57. The average Bonchev–Trinajstić information content (AvgIpc) is 3.19. The van der Waals surface area contributed by atoms with Crippen molar-refractivity contribution in [3.05, 3.63) is 53.5 Å². The first-order chi connectivity index (χ1) is 15.7. The van der Waals surface area contributed by atoms with Gasteiger partial charge in [-0.25, -0.2) is 9.59 Å². The van der Waals surface area contributed by atoms with E-state index in [1.165, 1.54) is 4.90 Å². The van der Waals surface area contributed by atoms with Crippen LogP contribution in [-0.2, 0) is 20.8 Å². The molecular formula is C24H33N3O6. The first-order valence-corrected chi connectivity index (χ1v) is 10.9. The van der Waals surface area contributed by atoms with Crippen molar-refractivity contribution in [3.8, 4) is 0 Å². The summed E-state index contributed by atoms with van der Waals surface area (Å²) in [6.45, 7) is 8.47. The Morgan fingerprint density at radius 3 is 2.33 bits per heavy atom. The van der Waals surface area contributed by atoms with Gasteiger partial charge in [-0.1, -0.05) is 0 Å². The quantitative estimate of drug-likeness (QED) is 0.515. The van der Waals surface area contributed by atoms with Gasteiger partial charge in [0.1, 0.15) is 18.1 Å². The predicted octanol–water partition coefficient (Wildman–Crippen LogP) is 3.68.